The Kier molecular flexibility index (Phi) is 6.80. The zero-order chi connectivity index (χ0) is 13.6. The fourth-order valence-electron chi connectivity index (χ4n) is 1.44. The van der Waals surface area contributed by atoms with E-state index in [4.69, 9.17) is 0 Å². The molecule has 0 saturated heterocycles. The van der Waals surface area contributed by atoms with Gasteiger partial charge in [0.1, 0.15) is 0 Å². The number of carbonyl (C=O) groups is 2. The Bertz CT molecular complexity index is 266. The molecule has 0 N–H and O–H groups in total. The van der Waals surface area contributed by atoms with Crippen molar-refractivity contribution < 1.29 is 14.3 Å². The summed E-state index contributed by atoms with van der Waals surface area (Å²) in [6, 6.07) is 0.189. The molecule has 0 rings (SSSR count). The minimum Gasteiger partial charge on any atom is -0.469 e. The van der Waals surface area contributed by atoms with Gasteiger partial charge in [-0.15, -0.1) is 0 Å². The zero-order valence-electron chi connectivity index (χ0n) is 11.7. The summed E-state index contributed by atoms with van der Waals surface area (Å²) in [6.45, 7) is 6.56. The first-order valence-corrected chi connectivity index (χ1v) is 5.81. The molecular formula is C12H24N2O3. The number of ether oxygens (including phenoxy) is 1. The van der Waals surface area contributed by atoms with E-state index in [1.807, 2.05) is 25.8 Å². The van der Waals surface area contributed by atoms with Crippen molar-refractivity contribution in [3.8, 4) is 0 Å². The molecule has 0 saturated carbocycles. The van der Waals surface area contributed by atoms with Crippen LogP contribution < -0.4 is 0 Å². The Labute approximate surface area is 104 Å². The number of rotatable bonds is 6. The first-order chi connectivity index (χ1) is 7.79. The van der Waals surface area contributed by atoms with Gasteiger partial charge in [0.2, 0.25) is 5.91 Å². The summed E-state index contributed by atoms with van der Waals surface area (Å²) in [4.78, 5) is 26.5. The van der Waals surface area contributed by atoms with Gasteiger partial charge in [-0.3, -0.25) is 14.5 Å². The van der Waals surface area contributed by atoms with Crippen molar-refractivity contribution in [1.29, 1.82) is 0 Å². The lowest BCUT2D eigenvalue weighted by atomic mass is 10.2. The molecule has 0 aliphatic rings. The molecule has 0 spiro atoms. The highest BCUT2D eigenvalue weighted by Gasteiger charge is 2.19. The highest BCUT2D eigenvalue weighted by atomic mass is 16.5. The van der Waals surface area contributed by atoms with Crippen LogP contribution in [0.25, 0.3) is 0 Å². The molecule has 1 amide bonds. The van der Waals surface area contributed by atoms with Gasteiger partial charge in [-0.05, 0) is 20.9 Å². The van der Waals surface area contributed by atoms with Crippen LogP contribution in [0.1, 0.15) is 20.8 Å². The highest BCUT2D eigenvalue weighted by Crippen LogP contribution is 2.02. The number of hydrogen-bond donors (Lipinski definition) is 0. The Morgan fingerprint density at radius 2 is 1.71 bits per heavy atom. The van der Waals surface area contributed by atoms with Crippen LogP contribution in [0.3, 0.4) is 0 Å². The number of likely N-dealkylation sites (N-methyl/N-ethyl adjacent to an activating group) is 2. The van der Waals surface area contributed by atoms with Crippen molar-refractivity contribution in [2.75, 3.05) is 34.3 Å². The van der Waals surface area contributed by atoms with Gasteiger partial charge < -0.3 is 9.64 Å². The smallest absolute Gasteiger partial charge is 0.309 e. The van der Waals surface area contributed by atoms with Crippen molar-refractivity contribution in [2.24, 2.45) is 5.92 Å². The summed E-state index contributed by atoms with van der Waals surface area (Å²) < 4.78 is 4.64. The average molecular weight is 244 g/mol. The van der Waals surface area contributed by atoms with E-state index in [1.54, 1.807) is 18.9 Å². The fourth-order valence-corrected chi connectivity index (χ4v) is 1.44. The number of nitrogens with zero attached hydrogens (tertiary/aromatic N) is 2. The van der Waals surface area contributed by atoms with E-state index in [2.05, 4.69) is 4.74 Å². The lowest BCUT2D eigenvalue weighted by Crippen LogP contribution is -2.41. The number of methoxy groups -OCH3 is 1. The number of esters is 1. The van der Waals surface area contributed by atoms with E-state index in [9.17, 15) is 9.59 Å². The standard InChI is InChI=1S/C12H24N2O3/c1-9(2)14(5)11(15)8-13(4)7-10(3)12(16)17-6/h9-10H,7-8H2,1-6H3. The Morgan fingerprint density at radius 3 is 2.12 bits per heavy atom. The van der Waals surface area contributed by atoms with Gasteiger partial charge in [0.25, 0.3) is 0 Å². The molecule has 100 valence electrons. The average Bonchev–Trinajstić information content (AvgIpc) is 2.26. The second kappa shape index (κ2) is 7.27. The molecular weight excluding hydrogens is 220 g/mol. The van der Waals surface area contributed by atoms with Crippen molar-refractivity contribution in [3.05, 3.63) is 0 Å². The van der Waals surface area contributed by atoms with E-state index in [0.717, 1.165) is 0 Å². The fraction of sp³-hybridized carbons (Fsp3) is 0.833. The summed E-state index contributed by atoms with van der Waals surface area (Å²) in [5.41, 5.74) is 0. The molecule has 5 heteroatoms. The lowest BCUT2D eigenvalue weighted by Gasteiger charge is -2.25. The summed E-state index contributed by atoms with van der Waals surface area (Å²) in [7, 11) is 4.98. The maximum absolute atomic E-state index is 11.8. The van der Waals surface area contributed by atoms with Crippen molar-refractivity contribution >= 4 is 11.9 Å². The van der Waals surface area contributed by atoms with Crippen LogP contribution in [0.4, 0.5) is 0 Å². The van der Waals surface area contributed by atoms with Gasteiger partial charge in [-0.25, -0.2) is 0 Å². The largest absolute Gasteiger partial charge is 0.469 e. The van der Waals surface area contributed by atoms with Crippen LogP contribution in [-0.2, 0) is 14.3 Å². The van der Waals surface area contributed by atoms with Crippen molar-refractivity contribution in [1.82, 2.24) is 9.80 Å². The van der Waals surface area contributed by atoms with E-state index >= 15 is 0 Å². The Balaban J connectivity index is 4.14. The molecule has 0 fully saturated rings. The van der Waals surface area contributed by atoms with Crippen LogP contribution >= 0.6 is 0 Å². The second-order valence-electron chi connectivity index (χ2n) is 4.72. The first-order valence-electron chi connectivity index (χ1n) is 5.81. The third-order valence-corrected chi connectivity index (χ3v) is 2.76. The van der Waals surface area contributed by atoms with E-state index in [-0.39, 0.29) is 23.8 Å². The summed E-state index contributed by atoms with van der Waals surface area (Å²) >= 11 is 0. The molecule has 0 radical (unpaired) electrons. The van der Waals surface area contributed by atoms with Gasteiger partial charge in [0, 0.05) is 19.6 Å². The van der Waals surface area contributed by atoms with Gasteiger partial charge in [0.15, 0.2) is 0 Å². The molecule has 5 nitrogen and oxygen atoms in total. The molecule has 1 atom stereocenters. The van der Waals surface area contributed by atoms with Crippen molar-refractivity contribution in [3.63, 3.8) is 0 Å². The maximum Gasteiger partial charge on any atom is 0.309 e. The molecule has 17 heavy (non-hydrogen) atoms. The number of hydrogen-bond acceptors (Lipinski definition) is 4. The van der Waals surface area contributed by atoms with Gasteiger partial charge in [0.05, 0.1) is 19.6 Å². The zero-order valence-corrected chi connectivity index (χ0v) is 11.7. The summed E-state index contributed by atoms with van der Waals surface area (Å²) in [6.07, 6.45) is 0. The minimum absolute atomic E-state index is 0.0552. The Hall–Kier alpha value is -1.10. The van der Waals surface area contributed by atoms with E-state index < -0.39 is 0 Å². The van der Waals surface area contributed by atoms with Crippen LogP contribution in [0.5, 0.6) is 0 Å². The molecule has 0 bridgehead atoms. The predicted molar refractivity (Wildman–Crippen MR) is 66.6 cm³/mol. The maximum atomic E-state index is 11.8. The Morgan fingerprint density at radius 1 is 1.18 bits per heavy atom. The van der Waals surface area contributed by atoms with E-state index in [0.29, 0.717) is 13.1 Å². The molecule has 0 heterocycles. The highest BCUT2D eigenvalue weighted by molar-refractivity contribution is 5.78. The van der Waals surface area contributed by atoms with Gasteiger partial charge in [-0.1, -0.05) is 6.92 Å². The normalized spacial score (nSPS) is 12.7. The number of carbonyl (C=O) groups excluding carboxylic acids is 2. The monoisotopic (exact) mass is 244 g/mol. The third kappa shape index (κ3) is 5.68. The molecule has 0 aromatic rings. The van der Waals surface area contributed by atoms with Crippen LogP contribution in [0.15, 0.2) is 0 Å². The molecule has 0 aromatic heterocycles. The number of amides is 1. The molecule has 1 unspecified atom stereocenters. The predicted octanol–water partition coefficient (Wildman–Crippen LogP) is 0.594. The van der Waals surface area contributed by atoms with Gasteiger partial charge >= 0.3 is 5.97 Å². The van der Waals surface area contributed by atoms with Gasteiger partial charge in [-0.2, -0.15) is 0 Å². The van der Waals surface area contributed by atoms with Crippen LogP contribution in [0.2, 0.25) is 0 Å². The quantitative estimate of drug-likeness (QED) is 0.642. The van der Waals surface area contributed by atoms with Crippen LogP contribution in [0, 0.1) is 5.92 Å². The molecule has 0 aromatic carbocycles. The van der Waals surface area contributed by atoms with E-state index in [1.165, 1.54) is 7.11 Å². The summed E-state index contributed by atoms with van der Waals surface area (Å²) in [5.74, 6) is -0.414. The third-order valence-electron chi connectivity index (χ3n) is 2.76. The molecule has 0 aliphatic carbocycles. The minimum atomic E-state index is -0.249. The second-order valence-corrected chi connectivity index (χ2v) is 4.72. The SMILES string of the molecule is COC(=O)C(C)CN(C)CC(=O)N(C)C(C)C. The summed E-state index contributed by atoms with van der Waals surface area (Å²) in [5, 5.41) is 0. The topological polar surface area (TPSA) is 49.9 Å². The van der Waals surface area contributed by atoms with Crippen molar-refractivity contribution in [2.45, 2.75) is 26.8 Å². The molecule has 0 aliphatic heterocycles. The lowest BCUT2D eigenvalue weighted by molar-refractivity contribution is -0.146. The first kappa shape index (κ1) is 15.9. The van der Waals surface area contributed by atoms with Crippen LogP contribution in [-0.4, -0.2) is 62.0 Å².